The van der Waals surface area contributed by atoms with E-state index in [1.165, 1.54) is 29.7 Å². The van der Waals surface area contributed by atoms with Gasteiger partial charge in [-0.15, -0.1) is 11.3 Å². The lowest BCUT2D eigenvalue weighted by Crippen LogP contribution is -2.38. The van der Waals surface area contributed by atoms with Gasteiger partial charge in [0.1, 0.15) is 12.7 Å². The zero-order valence-corrected chi connectivity index (χ0v) is 13.3. The average Bonchev–Trinajstić information content (AvgIpc) is 2.97. The molecule has 0 amide bonds. The van der Waals surface area contributed by atoms with Crippen LogP contribution in [0.25, 0.3) is 0 Å². The van der Waals surface area contributed by atoms with E-state index in [-0.39, 0.29) is 0 Å². The number of fused-ring (bicyclic) bond motifs is 1. The highest BCUT2D eigenvalue weighted by molar-refractivity contribution is 7.10. The van der Waals surface area contributed by atoms with E-state index in [1.807, 2.05) is 0 Å². The van der Waals surface area contributed by atoms with Crippen LogP contribution < -0.4 is 0 Å². The molecule has 1 N–H and O–H groups in total. The van der Waals surface area contributed by atoms with Gasteiger partial charge in [-0.3, -0.25) is 0 Å². The molecule has 1 unspecified atom stereocenters. The van der Waals surface area contributed by atoms with Crippen molar-refractivity contribution in [2.75, 3.05) is 26.2 Å². The molecule has 1 aliphatic heterocycles. The minimum atomic E-state index is -0.446. The van der Waals surface area contributed by atoms with E-state index >= 15 is 0 Å². The van der Waals surface area contributed by atoms with Crippen molar-refractivity contribution in [2.24, 2.45) is 5.16 Å². The summed E-state index contributed by atoms with van der Waals surface area (Å²) in [6.07, 6.45) is 6.65. The molecular weight excluding hydrogens is 284 g/mol. The summed E-state index contributed by atoms with van der Waals surface area (Å²) < 4.78 is 0. The number of aliphatic hydroxyl groups is 1. The van der Waals surface area contributed by atoms with Crippen molar-refractivity contribution >= 4 is 17.0 Å². The molecule has 1 aromatic heterocycles. The summed E-state index contributed by atoms with van der Waals surface area (Å²) in [5, 5.41) is 16.4. The number of piperidine rings is 1. The fourth-order valence-corrected chi connectivity index (χ4v) is 4.07. The normalized spacial score (nSPS) is 23.0. The number of oxime groups is 1. The van der Waals surface area contributed by atoms with Gasteiger partial charge < -0.3 is 14.8 Å². The van der Waals surface area contributed by atoms with Crippen molar-refractivity contribution in [3.8, 4) is 0 Å². The zero-order valence-electron chi connectivity index (χ0n) is 12.5. The van der Waals surface area contributed by atoms with E-state index in [9.17, 15) is 5.11 Å². The molecule has 116 valence electrons. The predicted molar refractivity (Wildman–Crippen MR) is 86.0 cm³/mol. The number of hydrogen-bond acceptors (Lipinski definition) is 5. The molecule has 1 aliphatic carbocycles. The van der Waals surface area contributed by atoms with Crippen LogP contribution in [-0.4, -0.2) is 48.1 Å². The number of hydrogen-bond donors (Lipinski definition) is 1. The number of aryl methyl sites for hydroxylation is 1. The monoisotopic (exact) mass is 308 g/mol. The Labute approximate surface area is 130 Å². The molecular formula is C16H24N2O2S. The number of rotatable bonds is 5. The third-order valence-corrected chi connectivity index (χ3v) is 5.21. The van der Waals surface area contributed by atoms with Crippen LogP contribution >= 0.6 is 11.3 Å². The second kappa shape index (κ2) is 7.38. The molecule has 1 atom stereocenters. The molecule has 0 aromatic carbocycles. The van der Waals surface area contributed by atoms with E-state index < -0.39 is 6.10 Å². The van der Waals surface area contributed by atoms with Gasteiger partial charge in [-0.25, -0.2) is 0 Å². The predicted octanol–water partition coefficient (Wildman–Crippen LogP) is 2.65. The Bertz CT molecular complexity index is 480. The lowest BCUT2D eigenvalue weighted by atomic mass is 9.97. The van der Waals surface area contributed by atoms with E-state index in [0.717, 1.165) is 38.1 Å². The highest BCUT2D eigenvalue weighted by Gasteiger charge is 2.18. The highest BCUT2D eigenvalue weighted by Crippen LogP contribution is 2.26. The van der Waals surface area contributed by atoms with Crippen molar-refractivity contribution in [2.45, 2.75) is 44.6 Å². The van der Waals surface area contributed by atoms with Crippen LogP contribution in [0, 0.1) is 0 Å². The number of β-amino-alcohol motifs (C(OH)–C–C–N with tert-alkyl or cyclic N) is 1. The summed E-state index contributed by atoms with van der Waals surface area (Å²) in [4.78, 5) is 9.15. The van der Waals surface area contributed by atoms with Crippen LogP contribution in [0.3, 0.4) is 0 Å². The third kappa shape index (κ3) is 4.05. The van der Waals surface area contributed by atoms with Crippen LogP contribution in [0.15, 0.2) is 16.6 Å². The molecule has 0 saturated carbocycles. The maximum atomic E-state index is 10.1. The smallest absolute Gasteiger partial charge is 0.144 e. The van der Waals surface area contributed by atoms with Crippen molar-refractivity contribution in [1.29, 1.82) is 0 Å². The van der Waals surface area contributed by atoms with Crippen molar-refractivity contribution < 1.29 is 9.94 Å². The number of likely N-dealkylation sites (tertiary alicyclic amines) is 1. The second-order valence-electron chi connectivity index (χ2n) is 5.96. The Balaban J connectivity index is 1.46. The van der Waals surface area contributed by atoms with Gasteiger partial charge in [0.15, 0.2) is 0 Å². The van der Waals surface area contributed by atoms with Gasteiger partial charge in [-0.05, 0) is 56.6 Å². The molecule has 0 bridgehead atoms. The van der Waals surface area contributed by atoms with Crippen LogP contribution in [0.5, 0.6) is 0 Å². The number of aliphatic hydroxyl groups excluding tert-OH is 1. The van der Waals surface area contributed by atoms with Crippen LogP contribution in [0.1, 0.15) is 42.5 Å². The topological polar surface area (TPSA) is 45.1 Å². The molecule has 1 aromatic rings. The summed E-state index contributed by atoms with van der Waals surface area (Å²) in [6.45, 7) is 3.20. The summed E-state index contributed by atoms with van der Waals surface area (Å²) in [7, 11) is 0. The Morgan fingerprint density at radius 1 is 1.24 bits per heavy atom. The van der Waals surface area contributed by atoms with Crippen LogP contribution in [0.2, 0.25) is 0 Å². The Kier molecular flexibility index (Phi) is 5.27. The quantitative estimate of drug-likeness (QED) is 0.851. The molecule has 2 aliphatic rings. The van der Waals surface area contributed by atoms with Crippen molar-refractivity contribution in [3.05, 3.63) is 21.9 Å². The molecule has 1 fully saturated rings. The summed E-state index contributed by atoms with van der Waals surface area (Å²) in [5.74, 6) is 0. The SMILES string of the molecule is OC(CO/N=C1\CCCc2sccc21)CN1CCCCC1. The molecule has 4 nitrogen and oxygen atoms in total. The first kappa shape index (κ1) is 15.0. The summed E-state index contributed by atoms with van der Waals surface area (Å²) >= 11 is 1.80. The summed E-state index contributed by atoms with van der Waals surface area (Å²) in [6, 6.07) is 2.13. The van der Waals surface area contributed by atoms with E-state index in [0.29, 0.717) is 13.2 Å². The maximum absolute atomic E-state index is 10.1. The van der Waals surface area contributed by atoms with Gasteiger partial charge in [-0.2, -0.15) is 0 Å². The zero-order chi connectivity index (χ0) is 14.5. The molecule has 21 heavy (non-hydrogen) atoms. The van der Waals surface area contributed by atoms with Crippen molar-refractivity contribution in [3.63, 3.8) is 0 Å². The fourth-order valence-electron chi connectivity index (χ4n) is 3.13. The first-order valence-electron chi connectivity index (χ1n) is 7.99. The molecule has 3 rings (SSSR count). The third-order valence-electron chi connectivity index (χ3n) is 4.23. The van der Waals surface area contributed by atoms with E-state index in [1.54, 1.807) is 11.3 Å². The van der Waals surface area contributed by atoms with Gasteiger partial charge >= 0.3 is 0 Å². The van der Waals surface area contributed by atoms with E-state index in [4.69, 9.17) is 4.84 Å². The van der Waals surface area contributed by atoms with Crippen molar-refractivity contribution in [1.82, 2.24) is 4.90 Å². The Morgan fingerprint density at radius 2 is 2.10 bits per heavy atom. The standard InChI is InChI=1S/C16H24N2O2S/c19-13(11-18-8-2-1-3-9-18)12-20-17-15-5-4-6-16-14(15)7-10-21-16/h7,10,13,19H,1-6,8-9,11-12H2/b17-15+. The second-order valence-corrected chi connectivity index (χ2v) is 6.96. The van der Waals surface area contributed by atoms with Gasteiger partial charge in [0.05, 0.1) is 5.71 Å². The molecule has 2 heterocycles. The molecule has 5 heteroatoms. The Hall–Kier alpha value is -0.910. The minimum absolute atomic E-state index is 0.291. The Morgan fingerprint density at radius 3 is 2.95 bits per heavy atom. The largest absolute Gasteiger partial charge is 0.393 e. The number of thiophene rings is 1. The van der Waals surface area contributed by atoms with Gasteiger partial charge in [0.2, 0.25) is 0 Å². The minimum Gasteiger partial charge on any atom is -0.393 e. The maximum Gasteiger partial charge on any atom is 0.144 e. The lowest BCUT2D eigenvalue weighted by Gasteiger charge is -2.28. The van der Waals surface area contributed by atoms with Gasteiger partial charge in [0.25, 0.3) is 0 Å². The first-order chi connectivity index (χ1) is 10.3. The first-order valence-corrected chi connectivity index (χ1v) is 8.87. The van der Waals surface area contributed by atoms with E-state index in [2.05, 4.69) is 21.5 Å². The molecule has 1 saturated heterocycles. The summed E-state index contributed by atoms with van der Waals surface area (Å²) in [5.41, 5.74) is 2.29. The van der Waals surface area contributed by atoms with Crippen LogP contribution in [-0.2, 0) is 11.3 Å². The van der Waals surface area contributed by atoms with Gasteiger partial charge in [0, 0.05) is 17.0 Å². The lowest BCUT2D eigenvalue weighted by molar-refractivity contribution is 0.0156. The average molecular weight is 308 g/mol. The molecule has 0 spiro atoms. The fraction of sp³-hybridized carbons (Fsp3) is 0.688. The van der Waals surface area contributed by atoms with Gasteiger partial charge in [-0.1, -0.05) is 11.6 Å². The molecule has 0 radical (unpaired) electrons. The number of nitrogens with zero attached hydrogens (tertiary/aromatic N) is 2. The van der Waals surface area contributed by atoms with Crippen LogP contribution in [0.4, 0.5) is 0 Å². The highest BCUT2D eigenvalue weighted by atomic mass is 32.1.